The molecule has 1 saturated carbocycles. The van der Waals surface area contributed by atoms with Crippen LogP contribution < -0.4 is 5.73 Å². The number of nitrogens with two attached hydrogens (primary N) is 1. The van der Waals surface area contributed by atoms with Gasteiger partial charge in [0, 0.05) is 17.4 Å². The first-order chi connectivity index (χ1) is 9.78. The Morgan fingerprint density at radius 1 is 1.25 bits per heavy atom. The zero-order chi connectivity index (χ0) is 13.9. The van der Waals surface area contributed by atoms with E-state index >= 15 is 0 Å². The molecule has 0 aliphatic heterocycles. The second kappa shape index (κ2) is 5.70. The summed E-state index contributed by atoms with van der Waals surface area (Å²) < 4.78 is 2.19. The van der Waals surface area contributed by atoms with Crippen molar-refractivity contribution in [3.63, 3.8) is 0 Å². The van der Waals surface area contributed by atoms with Crippen molar-refractivity contribution in [2.45, 2.75) is 45.1 Å². The number of anilines is 1. The molecule has 2 unspecified atom stereocenters. The quantitative estimate of drug-likeness (QED) is 0.845. The summed E-state index contributed by atoms with van der Waals surface area (Å²) in [5.74, 6) is 0.775. The number of hydrogen-bond acceptors (Lipinski definition) is 2. The van der Waals surface area contributed by atoms with Gasteiger partial charge in [0.05, 0.1) is 12.2 Å². The average Bonchev–Trinajstić information content (AvgIpc) is 2.97. The molecular formula is C17H23N3. The van der Waals surface area contributed by atoms with Crippen molar-refractivity contribution in [3.05, 3.63) is 36.7 Å². The summed E-state index contributed by atoms with van der Waals surface area (Å²) >= 11 is 0. The minimum absolute atomic E-state index is 0.573. The highest BCUT2D eigenvalue weighted by molar-refractivity contribution is 5.65. The van der Waals surface area contributed by atoms with Crippen LogP contribution in [-0.4, -0.2) is 9.78 Å². The zero-order valence-corrected chi connectivity index (χ0v) is 12.1. The fourth-order valence-electron chi connectivity index (χ4n) is 3.40. The van der Waals surface area contributed by atoms with Crippen LogP contribution in [0, 0.1) is 5.92 Å². The van der Waals surface area contributed by atoms with E-state index in [4.69, 9.17) is 5.73 Å². The third kappa shape index (κ3) is 2.58. The van der Waals surface area contributed by atoms with Crippen molar-refractivity contribution in [1.82, 2.24) is 9.78 Å². The van der Waals surface area contributed by atoms with Crippen molar-refractivity contribution in [2.24, 2.45) is 5.92 Å². The monoisotopic (exact) mass is 269 g/mol. The maximum atomic E-state index is 5.86. The molecule has 3 rings (SSSR count). The molecule has 0 radical (unpaired) electrons. The third-order valence-corrected chi connectivity index (χ3v) is 4.55. The van der Waals surface area contributed by atoms with Crippen LogP contribution in [0.1, 0.15) is 45.1 Å². The number of hydrogen-bond donors (Lipinski definition) is 1. The van der Waals surface area contributed by atoms with Crippen molar-refractivity contribution in [2.75, 3.05) is 5.73 Å². The molecule has 0 saturated heterocycles. The lowest BCUT2D eigenvalue weighted by atomic mass is 9.83. The molecule has 2 atom stereocenters. The second-order valence-corrected chi connectivity index (χ2v) is 5.85. The Kier molecular flexibility index (Phi) is 3.77. The lowest BCUT2D eigenvalue weighted by Crippen LogP contribution is -2.23. The molecule has 1 aromatic carbocycles. The van der Waals surface area contributed by atoms with Crippen LogP contribution in [0.25, 0.3) is 11.1 Å². The van der Waals surface area contributed by atoms with Crippen molar-refractivity contribution in [1.29, 1.82) is 0 Å². The van der Waals surface area contributed by atoms with E-state index in [0.29, 0.717) is 6.04 Å². The van der Waals surface area contributed by atoms with Gasteiger partial charge in [0.1, 0.15) is 0 Å². The maximum absolute atomic E-state index is 5.86. The first-order valence-corrected chi connectivity index (χ1v) is 7.68. The van der Waals surface area contributed by atoms with Gasteiger partial charge in [-0.25, -0.2) is 0 Å². The predicted molar refractivity (Wildman–Crippen MR) is 83.4 cm³/mol. The smallest absolute Gasteiger partial charge is 0.0568 e. The van der Waals surface area contributed by atoms with Gasteiger partial charge in [-0.2, -0.15) is 5.10 Å². The number of benzene rings is 1. The third-order valence-electron chi connectivity index (χ3n) is 4.55. The van der Waals surface area contributed by atoms with Crippen molar-refractivity contribution in [3.8, 4) is 11.1 Å². The highest BCUT2D eigenvalue weighted by atomic mass is 15.3. The molecule has 0 bridgehead atoms. The van der Waals surface area contributed by atoms with Crippen LogP contribution in [-0.2, 0) is 0 Å². The lowest BCUT2D eigenvalue weighted by molar-refractivity contribution is 0.217. The predicted octanol–water partition coefficient (Wildman–Crippen LogP) is 4.27. The molecule has 1 aliphatic carbocycles. The van der Waals surface area contributed by atoms with Gasteiger partial charge >= 0.3 is 0 Å². The Labute approximate surface area is 120 Å². The standard InChI is InChI=1S/C17H23N3/c1-2-13-6-3-4-9-17(13)20-12-15(11-19-20)14-7-5-8-16(18)10-14/h5,7-8,10-13,17H,2-4,6,9,18H2,1H3. The second-order valence-electron chi connectivity index (χ2n) is 5.85. The van der Waals surface area contributed by atoms with Crippen LogP contribution in [0.4, 0.5) is 5.69 Å². The van der Waals surface area contributed by atoms with Gasteiger partial charge in [-0.3, -0.25) is 4.68 Å². The topological polar surface area (TPSA) is 43.8 Å². The number of nitrogen functional groups attached to an aromatic ring is 1. The fraction of sp³-hybridized carbons (Fsp3) is 0.471. The van der Waals surface area contributed by atoms with E-state index in [-0.39, 0.29) is 0 Å². The van der Waals surface area contributed by atoms with Gasteiger partial charge in [0.2, 0.25) is 0 Å². The summed E-state index contributed by atoms with van der Waals surface area (Å²) in [7, 11) is 0. The van der Waals surface area contributed by atoms with Crippen LogP contribution in [0.2, 0.25) is 0 Å². The van der Waals surface area contributed by atoms with Gasteiger partial charge in [0.25, 0.3) is 0 Å². The Hall–Kier alpha value is -1.77. The molecule has 0 spiro atoms. The summed E-state index contributed by atoms with van der Waals surface area (Å²) in [6.07, 6.45) is 10.7. The number of nitrogens with zero attached hydrogens (tertiary/aromatic N) is 2. The van der Waals surface area contributed by atoms with E-state index in [1.54, 1.807) is 0 Å². The Morgan fingerprint density at radius 2 is 2.10 bits per heavy atom. The molecular weight excluding hydrogens is 246 g/mol. The number of rotatable bonds is 3. The fourth-order valence-corrected chi connectivity index (χ4v) is 3.40. The SMILES string of the molecule is CCC1CCCCC1n1cc(-c2cccc(N)c2)cn1. The molecule has 1 heterocycles. The minimum atomic E-state index is 0.573. The van der Waals surface area contributed by atoms with Gasteiger partial charge in [-0.05, 0) is 36.5 Å². The summed E-state index contributed by atoms with van der Waals surface area (Å²) in [5, 5.41) is 4.62. The van der Waals surface area contributed by atoms with Crippen LogP contribution in [0.5, 0.6) is 0 Å². The van der Waals surface area contributed by atoms with E-state index in [0.717, 1.165) is 22.7 Å². The maximum Gasteiger partial charge on any atom is 0.0568 e. The highest BCUT2D eigenvalue weighted by Gasteiger charge is 2.25. The lowest BCUT2D eigenvalue weighted by Gasteiger charge is -2.30. The van der Waals surface area contributed by atoms with Crippen LogP contribution in [0.15, 0.2) is 36.7 Å². The highest BCUT2D eigenvalue weighted by Crippen LogP contribution is 2.36. The first kappa shape index (κ1) is 13.2. The zero-order valence-electron chi connectivity index (χ0n) is 12.1. The molecule has 0 amide bonds. The summed E-state index contributed by atoms with van der Waals surface area (Å²) in [6.45, 7) is 2.30. The normalized spacial score (nSPS) is 22.9. The Morgan fingerprint density at radius 3 is 2.90 bits per heavy atom. The Bertz CT molecular complexity index is 573. The largest absolute Gasteiger partial charge is 0.399 e. The molecule has 1 fully saturated rings. The van der Waals surface area contributed by atoms with E-state index in [1.807, 2.05) is 24.4 Å². The molecule has 2 N–H and O–H groups in total. The van der Waals surface area contributed by atoms with Gasteiger partial charge < -0.3 is 5.73 Å². The van der Waals surface area contributed by atoms with Gasteiger partial charge in [-0.15, -0.1) is 0 Å². The van der Waals surface area contributed by atoms with E-state index < -0.39 is 0 Å². The van der Waals surface area contributed by atoms with E-state index in [2.05, 4.69) is 29.0 Å². The Balaban J connectivity index is 1.86. The average molecular weight is 269 g/mol. The summed E-state index contributed by atoms with van der Waals surface area (Å²) in [4.78, 5) is 0. The molecule has 2 aromatic rings. The van der Waals surface area contributed by atoms with E-state index in [9.17, 15) is 0 Å². The first-order valence-electron chi connectivity index (χ1n) is 7.68. The molecule has 3 heteroatoms. The molecule has 3 nitrogen and oxygen atoms in total. The molecule has 20 heavy (non-hydrogen) atoms. The van der Waals surface area contributed by atoms with E-state index in [1.165, 1.54) is 32.1 Å². The van der Waals surface area contributed by atoms with Crippen molar-refractivity contribution < 1.29 is 0 Å². The minimum Gasteiger partial charge on any atom is -0.399 e. The van der Waals surface area contributed by atoms with Crippen LogP contribution in [0.3, 0.4) is 0 Å². The van der Waals surface area contributed by atoms with Crippen molar-refractivity contribution >= 4 is 5.69 Å². The number of aromatic nitrogens is 2. The summed E-state index contributed by atoms with van der Waals surface area (Å²) in [6, 6.07) is 8.60. The van der Waals surface area contributed by atoms with Gasteiger partial charge in [0.15, 0.2) is 0 Å². The molecule has 1 aromatic heterocycles. The van der Waals surface area contributed by atoms with Gasteiger partial charge in [-0.1, -0.05) is 38.3 Å². The summed E-state index contributed by atoms with van der Waals surface area (Å²) in [5.41, 5.74) is 8.98. The molecule has 106 valence electrons. The van der Waals surface area contributed by atoms with Crippen LogP contribution >= 0.6 is 0 Å². The molecule has 1 aliphatic rings.